The lowest BCUT2D eigenvalue weighted by Gasteiger charge is -2.30. The summed E-state index contributed by atoms with van der Waals surface area (Å²) in [4.78, 5) is 14.6. The molecule has 0 aromatic heterocycles. The minimum absolute atomic E-state index is 0.0218. The molecule has 0 fully saturated rings. The van der Waals surface area contributed by atoms with Gasteiger partial charge in [0.25, 0.3) is 0 Å². The van der Waals surface area contributed by atoms with Gasteiger partial charge in [-0.1, -0.05) is 67.1 Å². The van der Waals surface area contributed by atoms with E-state index in [-0.39, 0.29) is 23.9 Å². The topological polar surface area (TPSA) is 46.3 Å². The third-order valence-corrected chi connectivity index (χ3v) is 4.60. The van der Waals surface area contributed by atoms with E-state index in [0.717, 1.165) is 11.1 Å². The first-order valence-electron chi connectivity index (χ1n) is 8.05. The lowest BCUT2D eigenvalue weighted by molar-refractivity contribution is -0.136. The van der Waals surface area contributed by atoms with E-state index in [1.54, 1.807) is 4.90 Å². The van der Waals surface area contributed by atoms with Crippen molar-refractivity contribution in [3.05, 3.63) is 71.3 Å². The summed E-state index contributed by atoms with van der Waals surface area (Å²) < 4.78 is 0. The van der Waals surface area contributed by atoms with Gasteiger partial charge in [-0.25, -0.2) is 0 Å². The molecule has 0 aliphatic rings. The Morgan fingerprint density at radius 1 is 0.957 bits per heavy atom. The van der Waals surface area contributed by atoms with Crippen molar-refractivity contribution in [1.29, 1.82) is 0 Å². The van der Waals surface area contributed by atoms with E-state index in [1.807, 2.05) is 51.2 Å². The number of nitrogens with two attached hydrogens (primary N) is 1. The number of carbonyl (C=O) groups excluding carboxylic acids is 1. The number of hydrogen-bond acceptors (Lipinski definition) is 2. The fourth-order valence-electron chi connectivity index (χ4n) is 2.70. The molecule has 0 radical (unpaired) electrons. The van der Waals surface area contributed by atoms with Gasteiger partial charge in [-0.2, -0.15) is 0 Å². The van der Waals surface area contributed by atoms with Gasteiger partial charge >= 0.3 is 0 Å². The van der Waals surface area contributed by atoms with Gasteiger partial charge in [-0.05, 0) is 25.0 Å². The molecule has 3 unspecified atom stereocenters. The standard InChI is InChI=1S/C20H26N2O/c1-14-10-12-17(13-11-14)16(3)22(4)20(23)15(2)19(21)18-8-6-5-7-9-18/h5-13,15-16,19H,21H2,1-4H3. The molecule has 0 heterocycles. The van der Waals surface area contributed by atoms with E-state index in [0.29, 0.717) is 0 Å². The minimum atomic E-state index is -0.295. The van der Waals surface area contributed by atoms with Crippen LogP contribution >= 0.6 is 0 Å². The van der Waals surface area contributed by atoms with Crippen molar-refractivity contribution >= 4 is 5.91 Å². The van der Waals surface area contributed by atoms with Crippen molar-refractivity contribution in [1.82, 2.24) is 4.90 Å². The largest absolute Gasteiger partial charge is 0.339 e. The summed E-state index contributed by atoms with van der Waals surface area (Å²) in [5.74, 6) is -0.204. The minimum Gasteiger partial charge on any atom is -0.339 e. The first-order valence-corrected chi connectivity index (χ1v) is 8.05. The highest BCUT2D eigenvalue weighted by molar-refractivity contribution is 5.79. The first-order chi connectivity index (χ1) is 10.9. The smallest absolute Gasteiger partial charge is 0.227 e. The van der Waals surface area contributed by atoms with E-state index in [1.165, 1.54) is 5.56 Å². The molecule has 122 valence electrons. The molecule has 0 aliphatic carbocycles. The normalized spacial score (nSPS) is 14.8. The lowest BCUT2D eigenvalue weighted by Crippen LogP contribution is -2.38. The van der Waals surface area contributed by atoms with E-state index in [2.05, 4.69) is 31.2 Å². The molecule has 0 saturated carbocycles. The molecule has 1 amide bonds. The average Bonchev–Trinajstić information content (AvgIpc) is 2.60. The van der Waals surface area contributed by atoms with Crippen molar-refractivity contribution in [2.45, 2.75) is 32.9 Å². The van der Waals surface area contributed by atoms with Crippen molar-refractivity contribution in [3.8, 4) is 0 Å². The molecule has 0 spiro atoms. The molecule has 3 nitrogen and oxygen atoms in total. The molecule has 2 aromatic rings. The Bertz CT molecular complexity index is 636. The number of hydrogen-bond donors (Lipinski definition) is 1. The van der Waals surface area contributed by atoms with Crippen LogP contribution < -0.4 is 5.73 Å². The van der Waals surface area contributed by atoms with E-state index >= 15 is 0 Å². The van der Waals surface area contributed by atoms with Crippen LogP contribution in [0, 0.1) is 12.8 Å². The molecule has 0 saturated heterocycles. The number of nitrogens with zero attached hydrogens (tertiary/aromatic N) is 1. The second kappa shape index (κ2) is 7.42. The Balaban J connectivity index is 2.10. The highest BCUT2D eigenvalue weighted by Crippen LogP contribution is 2.25. The number of amides is 1. The molecule has 3 heteroatoms. The van der Waals surface area contributed by atoms with Gasteiger partial charge in [0.1, 0.15) is 0 Å². The predicted octanol–water partition coefficient (Wildman–Crippen LogP) is 3.85. The molecular weight excluding hydrogens is 284 g/mol. The highest BCUT2D eigenvalue weighted by Gasteiger charge is 2.27. The second-order valence-electron chi connectivity index (χ2n) is 6.26. The summed E-state index contributed by atoms with van der Waals surface area (Å²) in [5.41, 5.74) is 9.63. The molecule has 2 rings (SSSR count). The maximum atomic E-state index is 12.8. The SMILES string of the molecule is Cc1ccc(C(C)N(C)C(=O)C(C)C(N)c2ccccc2)cc1. The van der Waals surface area contributed by atoms with Crippen LogP contribution in [-0.2, 0) is 4.79 Å². The molecule has 23 heavy (non-hydrogen) atoms. The van der Waals surface area contributed by atoms with Crippen LogP contribution in [0.15, 0.2) is 54.6 Å². The average molecular weight is 310 g/mol. The van der Waals surface area contributed by atoms with E-state index in [4.69, 9.17) is 5.73 Å². The molecule has 2 N–H and O–H groups in total. The molecule has 3 atom stereocenters. The van der Waals surface area contributed by atoms with Crippen molar-refractivity contribution in [2.24, 2.45) is 11.7 Å². The van der Waals surface area contributed by atoms with Crippen LogP contribution in [0.3, 0.4) is 0 Å². The molecular formula is C20H26N2O. The quantitative estimate of drug-likeness (QED) is 0.911. The molecule has 2 aromatic carbocycles. The first kappa shape index (κ1) is 17.2. The van der Waals surface area contributed by atoms with Crippen LogP contribution in [0.25, 0.3) is 0 Å². The fourth-order valence-corrected chi connectivity index (χ4v) is 2.70. The second-order valence-corrected chi connectivity index (χ2v) is 6.26. The summed E-state index contributed by atoms with van der Waals surface area (Å²) in [7, 11) is 1.85. The summed E-state index contributed by atoms with van der Waals surface area (Å²) in [5, 5.41) is 0. The number of aryl methyl sites for hydroxylation is 1. The van der Waals surface area contributed by atoms with Crippen molar-refractivity contribution in [3.63, 3.8) is 0 Å². The van der Waals surface area contributed by atoms with Gasteiger partial charge in [-0.15, -0.1) is 0 Å². The third-order valence-electron chi connectivity index (χ3n) is 4.60. The van der Waals surface area contributed by atoms with Gasteiger partial charge in [0.2, 0.25) is 5.91 Å². The zero-order chi connectivity index (χ0) is 17.0. The Morgan fingerprint density at radius 3 is 2.09 bits per heavy atom. The molecule has 0 aliphatic heterocycles. The van der Waals surface area contributed by atoms with Gasteiger partial charge in [-0.3, -0.25) is 4.79 Å². The zero-order valence-electron chi connectivity index (χ0n) is 14.4. The Kier molecular flexibility index (Phi) is 5.56. The van der Waals surface area contributed by atoms with Crippen LogP contribution in [0.5, 0.6) is 0 Å². The monoisotopic (exact) mass is 310 g/mol. The van der Waals surface area contributed by atoms with Crippen molar-refractivity contribution in [2.75, 3.05) is 7.05 Å². The van der Waals surface area contributed by atoms with Crippen LogP contribution in [0.2, 0.25) is 0 Å². The summed E-state index contributed by atoms with van der Waals surface area (Å²) in [6.07, 6.45) is 0. The summed E-state index contributed by atoms with van der Waals surface area (Å²) >= 11 is 0. The Morgan fingerprint density at radius 2 is 1.52 bits per heavy atom. The number of rotatable bonds is 5. The zero-order valence-corrected chi connectivity index (χ0v) is 14.4. The van der Waals surface area contributed by atoms with Gasteiger partial charge < -0.3 is 10.6 Å². The fraction of sp³-hybridized carbons (Fsp3) is 0.350. The lowest BCUT2D eigenvalue weighted by atomic mass is 9.93. The maximum absolute atomic E-state index is 12.8. The van der Waals surface area contributed by atoms with Crippen molar-refractivity contribution < 1.29 is 4.79 Å². The summed E-state index contributed by atoms with van der Waals surface area (Å²) in [6, 6.07) is 17.8. The highest BCUT2D eigenvalue weighted by atomic mass is 16.2. The molecule has 0 bridgehead atoms. The van der Waals surface area contributed by atoms with Crippen LogP contribution in [0.1, 0.15) is 42.6 Å². The van der Waals surface area contributed by atoms with E-state index in [9.17, 15) is 4.79 Å². The Hall–Kier alpha value is -2.13. The van der Waals surface area contributed by atoms with Gasteiger partial charge in [0, 0.05) is 13.1 Å². The predicted molar refractivity (Wildman–Crippen MR) is 94.9 cm³/mol. The maximum Gasteiger partial charge on any atom is 0.227 e. The van der Waals surface area contributed by atoms with Gasteiger partial charge in [0.15, 0.2) is 0 Å². The Labute approximate surface area is 139 Å². The number of benzene rings is 2. The third kappa shape index (κ3) is 3.99. The van der Waals surface area contributed by atoms with E-state index < -0.39 is 0 Å². The summed E-state index contributed by atoms with van der Waals surface area (Å²) in [6.45, 7) is 6.01. The van der Waals surface area contributed by atoms with Crippen LogP contribution in [-0.4, -0.2) is 17.9 Å². The van der Waals surface area contributed by atoms with Crippen LogP contribution in [0.4, 0.5) is 0 Å². The number of carbonyl (C=O) groups is 1. The van der Waals surface area contributed by atoms with Gasteiger partial charge in [0.05, 0.1) is 12.0 Å².